The van der Waals surface area contributed by atoms with Gasteiger partial charge in [0.25, 0.3) is 5.91 Å². The van der Waals surface area contributed by atoms with Crippen molar-refractivity contribution >= 4 is 28.7 Å². The van der Waals surface area contributed by atoms with Crippen molar-refractivity contribution in [2.75, 3.05) is 11.9 Å². The summed E-state index contributed by atoms with van der Waals surface area (Å²) in [6.45, 7) is 4.68. The van der Waals surface area contributed by atoms with E-state index in [1.165, 1.54) is 6.20 Å². The summed E-state index contributed by atoms with van der Waals surface area (Å²) in [7, 11) is 1.74. The zero-order valence-corrected chi connectivity index (χ0v) is 19.3. The van der Waals surface area contributed by atoms with Crippen LogP contribution in [-0.4, -0.2) is 33.2 Å². The Bertz CT molecular complexity index is 1300. The van der Waals surface area contributed by atoms with Crippen molar-refractivity contribution in [1.29, 1.82) is 0 Å². The van der Waals surface area contributed by atoms with Crippen LogP contribution in [0.4, 0.5) is 28.0 Å². The van der Waals surface area contributed by atoms with E-state index in [0.29, 0.717) is 40.3 Å². The van der Waals surface area contributed by atoms with E-state index >= 15 is 0 Å². The molecule has 8 nitrogen and oxygen atoms in total. The maximum absolute atomic E-state index is 13.5. The first-order valence-corrected chi connectivity index (χ1v) is 11.0. The van der Waals surface area contributed by atoms with E-state index in [1.54, 1.807) is 18.7 Å². The predicted octanol–water partition coefficient (Wildman–Crippen LogP) is 4.46. The van der Waals surface area contributed by atoms with Gasteiger partial charge < -0.3 is 10.6 Å². The number of pyridine rings is 1. The van der Waals surface area contributed by atoms with Gasteiger partial charge in [-0.3, -0.25) is 14.8 Å². The molecule has 186 valence electrons. The fourth-order valence-electron chi connectivity index (χ4n) is 4.46. The summed E-state index contributed by atoms with van der Waals surface area (Å²) in [6, 6.07) is 0.790. The minimum atomic E-state index is -4.93. The number of aromatic nitrogens is 3. The number of urea groups is 1. The van der Waals surface area contributed by atoms with Crippen molar-refractivity contribution in [2.24, 2.45) is 13.0 Å². The van der Waals surface area contributed by atoms with Crippen LogP contribution in [0.15, 0.2) is 24.4 Å². The molecule has 35 heavy (non-hydrogen) atoms. The van der Waals surface area contributed by atoms with E-state index < -0.39 is 29.5 Å². The van der Waals surface area contributed by atoms with Crippen molar-refractivity contribution in [3.05, 3.63) is 52.6 Å². The van der Waals surface area contributed by atoms with Crippen molar-refractivity contribution < 1.29 is 27.2 Å². The van der Waals surface area contributed by atoms with Crippen LogP contribution < -0.4 is 16.0 Å². The highest BCUT2D eigenvalue weighted by molar-refractivity contribution is 6.10. The Morgan fingerprint density at radius 1 is 1.26 bits per heavy atom. The Balaban J connectivity index is 1.63. The molecule has 1 aliphatic heterocycles. The van der Waals surface area contributed by atoms with Crippen LogP contribution in [-0.2, 0) is 13.2 Å². The molecule has 3 amide bonds. The largest absolute Gasteiger partial charge is 0.419 e. The van der Waals surface area contributed by atoms with Gasteiger partial charge in [0.2, 0.25) is 0 Å². The summed E-state index contributed by atoms with van der Waals surface area (Å²) >= 11 is 0. The molecule has 0 radical (unpaired) electrons. The highest BCUT2D eigenvalue weighted by Crippen LogP contribution is 2.35. The van der Waals surface area contributed by atoms with Crippen LogP contribution in [0.2, 0.25) is 0 Å². The highest BCUT2D eigenvalue weighted by Gasteiger charge is 2.34. The lowest BCUT2D eigenvalue weighted by molar-refractivity contribution is -0.139. The van der Waals surface area contributed by atoms with Crippen LogP contribution in [0, 0.1) is 18.7 Å². The van der Waals surface area contributed by atoms with Crippen LogP contribution in [0.25, 0.3) is 11.0 Å². The number of nitrogens with one attached hydrogen (secondary N) is 3. The summed E-state index contributed by atoms with van der Waals surface area (Å²) in [5.41, 5.74) is 0.246. The number of halogens is 4. The summed E-state index contributed by atoms with van der Waals surface area (Å²) in [5.74, 6) is -1.83. The average molecular weight is 492 g/mol. The molecule has 2 atom stereocenters. The fourth-order valence-corrected chi connectivity index (χ4v) is 4.46. The number of piperidine rings is 1. The third kappa shape index (κ3) is 4.97. The molecule has 1 aliphatic rings. The lowest BCUT2D eigenvalue weighted by Gasteiger charge is -2.30. The van der Waals surface area contributed by atoms with E-state index in [9.17, 15) is 27.2 Å². The Morgan fingerprint density at radius 2 is 2.00 bits per heavy atom. The number of fused-ring (bicyclic) bond motifs is 1. The molecule has 1 fully saturated rings. The van der Waals surface area contributed by atoms with Gasteiger partial charge in [-0.05, 0) is 56.0 Å². The molecule has 3 N–H and O–H groups in total. The number of imide groups is 1. The number of nitrogens with zero attached hydrogens (tertiary/aromatic N) is 3. The molecule has 2 unspecified atom stereocenters. The number of rotatable bonds is 3. The molecule has 0 spiro atoms. The Labute approximate surface area is 198 Å². The van der Waals surface area contributed by atoms with Gasteiger partial charge in [-0.1, -0.05) is 6.92 Å². The second-order valence-electron chi connectivity index (χ2n) is 8.73. The number of aryl methyl sites for hydroxylation is 2. The third-order valence-electron chi connectivity index (χ3n) is 6.08. The maximum atomic E-state index is 13.5. The molecule has 0 saturated carbocycles. The molecule has 1 aromatic carbocycles. The second-order valence-corrected chi connectivity index (χ2v) is 8.73. The van der Waals surface area contributed by atoms with Crippen LogP contribution in [0.3, 0.4) is 0 Å². The van der Waals surface area contributed by atoms with E-state index in [0.717, 1.165) is 25.5 Å². The van der Waals surface area contributed by atoms with Crippen molar-refractivity contribution in [2.45, 2.75) is 38.9 Å². The van der Waals surface area contributed by atoms with Crippen molar-refractivity contribution in [3.63, 3.8) is 0 Å². The maximum Gasteiger partial charge on any atom is 0.419 e. The molecule has 2 aromatic heterocycles. The number of hydrogen-bond acceptors (Lipinski definition) is 5. The second kappa shape index (κ2) is 9.25. The minimum Gasteiger partial charge on any atom is -0.310 e. The Kier molecular flexibility index (Phi) is 6.50. The SMILES string of the molecule is Cc1nn(C)c2ncc(C(=O)NC(=O)Nc3ccc(F)c(C(F)(F)F)c3)c(C3CC(C)CCN3)c12. The van der Waals surface area contributed by atoms with Crippen LogP contribution in [0.1, 0.15) is 53.0 Å². The van der Waals surface area contributed by atoms with Gasteiger partial charge in [0.05, 0.1) is 16.8 Å². The van der Waals surface area contributed by atoms with Crippen LogP contribution >= 0.6 is 0 Å². The lowest BCUT2D eigenvalue weighted by Crippen LogP contribution is -2.37. The number of carbonyl (C=O) groups excluding carboxylic acids is 2. The van der Waals surface area contributed by atoms with Crippen molar-refractivity contribution in [1.82, 2.24) is 25.4 Å². The number of anilines is 1. The number of amides is 3. The van der Waals surface area contributed by atoms with Crippen molar-refractivity contribution in [3.8, 4) is 0 Å². The molecule has 3 aromatic rings. The van der Waals surface area contributed by atoms with E-state index in [-0.39, 0.29) is 17.3 Å². The molecular formula is C23H24F4N6O2. The normalized spacial score (nSPS) is 18.5. The number of carbonyl (C=O) groups is 2. The van der Waals surface area contributed by atoms with Gasteiger partial charge in [0.1, 0.15) is 5.82 Å². The van der Waals surface area contributed by atoms with Gasteiger partial charge in [-0.25, -0.2) is 14.2 Å². The molecule has 12 heteroatoms. The first kappa shape index (κ1) is 24.6. The number of alkyl halides is 3. The molecular weight excluding hydrogens is 468 g/mol. The predicted molar refractivity (Wildman–Crippen MR) is 120 cm³/mol. The van der Waals surface area contributed by atoms with Gasteiger partial charge in [0, 0.05) is 30.4 Å². The molecule has 0 bridgehead atoms. The van der Waals surface area contributed by atoms with Gasteiger partial charge in [-0.2, -0.15) is 18.3 Å². The third-order valence-corrected chi connectivity index (χ3v) is 6.08. The monoisotopic (exact) mass is 492 g/mol. The minimum absolute atomic E-state index is 0.158. The van der Waals surface area contributed by atoms with E-state index in [2.05, 4.69) is 33.0 Å². The van der Waals surface area contributed by atoms with Gasteiger partial charge in [-0.15, -0.1) is 0 Å². The summed E-state index contributed by atoms with van der Waals surface area (Å²) in [5, 5.41) is 12.8. The summed E-state index contributed by atoms with van der Waals surface area (Å²) < 4.78 is 54.0. The zero-order valence-electron chi connectivity index (χ0n) is 19.3. The lowest BCUT2D eigenvalue weighted by atomic mass is 9.86. The smallest absolute Gasteiger partial charge is 0.310 e. The Morgan fingerprint density at radius 3 is 2.69 bits per heavy atom. The first-order chi connectivity index (χ1) is 16.5. The zero-order chi connectivity index (χ0) is 25.5. The topological polar surface area (TPSA) is 101 Å². The number of hydrogen-bond donors (Lipinski definition) is 3. The van der Waals surface area contributed by atoms with E-state index in [1.807, 2.05) is 0 Å². The fraction of sp³-hybridized carbons (Fsp3) is 0.391. The first-order valence-electron chi connectivity index (χ1n) is 11.0. The van der Waals surface area contributed by atoms with Gasteiger partial charge in [0.15, 0.2) is 5.65 Å². The van der Waals surface area contributed by atoms with E-state index in [4.69, 9.17) is 0 Å². The Hall–Kier alpha value is -3.54. The van der Waals surface area contributed by atoms with Gasteiger partial charge >= 0.3 is 12.2 Å². The quantitative estimate of drug-likeness (QED) is 0.469. The highest BCUT2D eigenvalue weighted by atomic mass is 19.4. The molecule has 1 saturated heterocycles. The average Bonchev–Trinajstić information content (AvgIpc) is 3.07. The molecule has 4 rings (SSSR count). The number of benzene rings is 1. The summed E-state index contributed by atoms with van der Waals surface area (Å²) in [4.78, 5) is 29.9. The molecule has 0 aliphatic carbocycles. The standard InChI is InChI=1S/C23H24F4N6O2/c1-11-6-7-28-17(8-11)19-14(10-29-20-18(19)12(2)32-33(20)3)21(34)31-22(35)30-13-4-5-16(24)15(9-13)23(25,26)27/h4-5,9-11,17,28H,6-8H2,1-3H3,(H2,30,31,34,35). The molecule has 3 heterocycles. The van der Waals surface area contributed by atoms with Crippen LogP contribution in [0.5, 0.6) is 0 Å². The summed E-state index contributed by atoms with van der Waals surface area (Å²) in [6.07, 6.45) is -1.83.